The maximum Gasteiger partial charge on any atom is 0.269 e. The van der Waals surface area contributed by atoms with E-state index in [1.54, 1.807) is 16.8 Å². The Labute approximate surface area is 217 Å². The molecular weight excluding hydrogens is 480 g/mol. The normalized spacial score (nSPS) is 14.6. The van der Waals surface area contributed by atoms with E-state index in [1.807, 2.05) is 79.7 Å². The van der Waals surface area contributed by atoms with Gasteiger partial charge in [0, 0.05) is 29.1 Å². The Kier molecular flexibility index (Phi) is 5.65. The Morgan fingerprint density at radius 1 is 0.947 bits per heavy atom. The van der Waals surface area contributed by atoms with Crippen LogP contribution in [0, 0.1) is 10.1 Å². The van der Waals surface area contributed by atoms with Gasteiger partial charge in [-0.2, -0.15) is 4.98 Å². The number of nitro benzene ring substituents is 1. The van der Waals surface area contributed by atoms with Gasteiger partial charge in [0.05, 0.1) is 10.5 Å². The lowest BCUT2D eigenvalue weighted by Gasteiger charge is -2.28. The second kappa shape index (κ2) is 9.29. The number of amides is 1. The SMILES string of the molecule is CC1=C(C(=O)Nc2ccccc2)C(c2ccc([N+](=O)[O-])cc2)n2nc(-c3cccc4ccccc34)nc2N1. The number of nitro groups is 1. The number of hydrogen-bond donors (Lipinski definition) is 2. The largest absolute Gasteiger partial charge is 0.328 e. The third-order valence-electron chi connectivity index (χ3n) is 6.58. The van der Waals surface area contributed by atoms with Crippen molar-refractivity contribution >= 4 is 34.0 Å². The molecule has 0 saturated carbocycles. The first kappa shape index (κ1) is 23.1. The van der Waals surface area contributed by atoms with Crippen molar-refractivity contribution in [3.05, 3.63) is 124 Å². The van der Waals surface area contributed by atoms with E-state index in [9.17, 15) is 14.9 Å². The second-order valence-electron chi connectivity index (χ2n) is 8.97. The number of rotatable bonds is 5. The van der Waals surface area contributed by atoms with Gasteiger partial charge in [0.15, 0.2) is 5.82 Å². The molecule has 186 valence electrons. The Morgan fingerprint density at radius 3 is 2.42 bits per heavy atom. The van der Waals surface area contributed by atoms with Crippen LogP contribution in [0.5, 0.6) is 0 Å². The van der Waals surface area contributed by atoms with Crippen LogP contribution in [0.1, 0.15) is 18.5 Å². The van der Waals surface area contributed by atoms with Crippen molar-refractivity contribution in [2.24, 2.45) is 0 Å². The standard InChI is InChI=1S/C29H22N6O3/c1-18-25(28(36)31-21-10-3-2-4-11-21)26(20-14-16-22(17-15-20)35(37)38)34-29(30-18)32-27(33-34)24-13-7-9-19-8-5-6-12-23(19)24/h2-17,26H,1H3,(H,31,36)(H,30,32,33). The smallest absolute Gasteiger partial charge is 0.269 e. The summed E-state index contributed by atoms with van der Waals surface area (Å²) < 4.78 is 1.67. The van der Waals surface area contributed by atoms with Gasteiger partial charge in [-0.05, 0) is 47.5 Å². The highest BCUT2D eigenvalue weighted by atomic mass is 16.6. The van der Waals surface area contributed by atoms with E-state index in [0.717, 1.165) is 16.3 Å². The van der Waals surface area contributed by atoms with Crippen molar-refractivity contribution in [1.82, 2.24) is 14.8 Å². The molecule has 1 amide bonds. The monoisotopic (exact) mass is 502 g/mol. The van der Waals surface area contributed by atoms with Crippen LogP contribution < -0.4 is 10.6 Å². The number of nitrogens with zero attached hydrogens (tertiary/aromatic N) is 4. The number of para-hydroxylation sites is 1. The summed E-state index contributed by atoms with van der Waals surface area (Å²) in [5.41, 5.74) is 3.21. The van der Waals surface area contributed by atoms with Crippen LogP contribution in [0.3, 0.4) is 0 Å². The number of nitrogens with one attached hydrogen (secondary N) is 2. The summed E-state index contributed by atoms with van der Waals surface area (Å²) in [6.45, 7) is 1.81. The molecule has 1 aliphatic rings. The molecule has 0 spiro atoms. The number of allylic oxidation sites excluding steroid dienone is 1. The molecule has 1 atom stereocenters. The van der Waals surface area contributed by atoms with E-state index in [1.165, 1.54) is 12.1 Å². The fourth-order valence-corrected chi connectivity index (χ4v) is 4.79. The van der Waals surface area contributed by atoms with E-state index in [-0.39, 0.29) is 11.6 Å². The van der Waals surface area contributed by atoms with Gasteiger partial charge in [0.1, 0.15) is 6.04 Å². The Morgan fingerprint density at radius 2 is 1.66 bits per heavy atom. The summed E-state index contributed by atoms with van der Waals surface area (Å²) in [5.74, 6) is 0.677. The summed E-state index contributed by atoms with van der Waals surface area (Å²) in [5, 5.41) is 24.4. The topological polar surface area (TPSA) is 115 Å². The zero-order chi connectivity index (χ0) is 26.2. The number of carbonyl (C=O) groups is 1. The van der Waals surface area contributed by atoms with Crippen LogP contribution in [0.25, 0.3) is 22.2 Å². The molecule has 1 unspecified atom stereocenters. The predicted octanol–water partition coefficient (Wildman–Crippen LogP) is 5.93. The molecule has 38 heavy (non-hydrogen) atoms. The van der Waals surface area contributed by atoms with Gasteiger partial charge >= 0.3 is 0 Å². The number of benzene rings is 4. The molecule has 1 aliphatic heterocycles. The summed E-state index contributed by atoms with van der Waals surface area (Å²) in [4.78, 5) is 29.2. The molecule has 0 fully saturated rings. The number of carbonyl (C=O) groups excluding carboxylic acids is 1. The zero-order valence-electron chi connectivity index (χ0n) is 20.3. The van der Waals surface area contributed by atoms with Crippen LogP contribution in [0.4, 0.5) is 17.3 Å². The molecule has 9 heteroatoms. The number of anilines is 2. The molecule has 0 aliphatic carbocycles. The Bertz CT molecular complexity index is 1720. The van der Waals surface area contributed by atoms with Gasteiger partial charge < -0.3 is 10.6 Å². The fourth-order valence-electron chi connectivity index (χ4n) is 4.79. The molecule has 9 nitrogen and oxygen atoms in total. The average Bonchev–Trinajstić information content (AvgIpc) is 3.36. The number of aromatic nitrogens is 3. The van der Waals surface area contributed by atoms with Crippen molar-refractivity contribution < 1.29 is 9.72 Å². The molecule has 0 saturated heterocycles. The average molecular weight is 503 g/mol. The van der Waals surface area contributed by atoms with Crippen LogP contribution in [0.2, 0.25) is 0 Å². The van der Waals surface area contributed by atoms with Crippen molar-refractivity contribution in [1.29, 1.82) is 0 Å². The molecule has 2 N–H and O–H groups in total. The number of hydrogen-bond acceptors (Lipinski definition) is 6. The summed E-state index contributed by atoms with van der Waals surface area (Å²) >= 11 is 0. The molecule has 0 bridgehead atoms. The lowest BCUT2D eigenvalue weighted by atomic mass is 9.95. The van der Waals surface area contributed by atoms with Crippen LogP contribution >= 0.6 is 0 Å². The maximum absolute atomic E-state index is 13.6. The van der Waals surface area contributed by atoms with E-state index in [0.29, 0.717) is 34.3 Å². The first-order valence-corrected chi connectivity index (χ1v) is 12.0. The van der Waals surface area contributed by atoms with Crippen molar-refractivity contribution in [2.75, 3.05) is 10.6 Å². The van der Waals surface area contributed by atoms with Gasteiger partial charge in [-0.1, -0.05) is 60.7 Å². The highest BCUT2D eigenvalue weighted by Gasteiger charge is 2.35. The van der Waals surface area contributed by atoms with Crippen LogP contribution in [-0.2, 0) is 4.79 Å². The Hall–Kier alpha value is -5.31. The zero-order valence-corrected chi connectivity index (χ0v) is 20.3. The Balaban J connectivity index is 1.48. The van der Waals surface area contributed by atoms with E-state index in [4.69, 9.17) is 10.1 Å². The molecule has 4 aromatic carbocycles. The van der Waals surface area contributed by atoms with E-state index in [2.05, 4.69) is 10.6 Å². The molecule has 2 heterocycles. The summed E-state index contributed by atoms with van der Waals surface area (Å²) in [6, 6.07) is 28.7. The third kappa shape index (κ3) is 4.05. The lowest BCUT2D eigenvalue weighted by Crippen LogP contribution is -2.31. The van der Waals surface area contributed by atoms with Crippen LogP contribution in [0.15, 0.2) is 108 Å². The van der Waals surface area contributed by atoms with Crippen molar-refractivity contribution in [3.63, 3.8) is 0 Å². The van der Waals surface area contributed by atoms with E-state index >= 15 is 0 Å². The fraction of sp³-hybridized carbons (Fsp3) is 0.0690. The van der Waals surface area contributed by atoms with Gasteiger partial charge in [0.25, 0.3) is 11.6 Å². The van der Waals surface area contributed by atoms with Gasteiger partial charge in [-0.25, -0.2) is 4.68 Å². The number of fused-ring (bicyclic) bond motifs is 2. The summed E-state index contributed by atoms with van der Waals surface area (Å²) in [7, 11) is 0. The first-order valence-electron chi connectivity index (χ1n) is 12.0. The highest BCUT2D eigenvalue weighted by Crippen LogP contribution is 2.38. The minimum Gasteiger partial charge on any atom is -0.328 e. The molecule has 0 radical (unpaired) electrons. The second-order valence-corrected chi connectivity index (χ2v) is 8.97. The lowest BCUT2D eigenvalue weighted by molar-refractivity contribution is -0.384. The quantitative estimate of drug-likeness (QED) is 0.227. The molecular formula is C29H22N6O3. The first-order chi connectivity index (χ1) is 18.5. The maximum atomic E-state index is 13.6. The molecule has 6 rings (SSSR count). The van der Waals surface area contributed by atoms with Gasteiger partial charge in [0.2, 0.25) is 5.95 Å². The molecule has 1 aromatic heterocycles. The number of non-ortho nitro benzene ring substituents is 1. The highest BCUT2D eigenvalue weighted by molar-refractivity contribution is 6.06. The minimum atomic E-state index is -0.660. The van der Waals surface area contributed by atoms with Crippen molar-refractivity contribution in [3.8, 4) is 11.4 Å². The minimum absolute atomic E-state index is 0.0334. The van der Waals surface area contributed by atoms with E-state index < -0.39 is 11.0 Å². The van der Waals surface area contributed by atoms with Gasteiger partial charge in [-0.3, -0.25) is 14.9 Å². The third-order valence-corrected chi connectivity index (χ3v) is 6.58. The van der Waals surface area contributed by atoms with Crippen LogP contribution in [-0.4, -0.2) is 25.6 Å². The van der Waals surface area contributed by atoms with Crippen molar-refractivity contribution in [2.45, 2.75) is 13.0 Å². The summed E-state index contributed by atoms with van der Waals surface area (Å²) in [6.07, 6.45) is 0. The van der Waals surface area contributed by atoms with Gasteiger partial charge in [-0.15, -0.1) is 5.10 Å². The predicted molar refractivity (Wildman–Crippen MR) is 146 cm³/mol. The molecule has 5 aromatic rings.